The number of aryl methyl sites for hydroxylation is 1. The van der Waals surface area contributed by atoms with Crippen molar-refractivity contribution in [1.82, 2.24) is 4.98 Å². The van der Waals surface area contributed by atoms with Crippen molar-refractivity contribution in [1.29, 1.82) is 0 Å². The summed E-state index contributed by atoms with van der Waals surface area (Å²) >= 11 is 0. The average molecular weight is 470 g/mol. The van der Waals surface area contributed by atoms with E-state index in [4.69, 9.17) is 14.1 Å². The maximum absolute atomic E-state index is 7.39. The normalized spacial score (nSPS) is 18.0. The summed E-state index contributed by atoms with van der Waals surface area (Å²) in [4.78, 5) is 5.35. The van der Waals surface area contributed by atoms with Gasteiger partial charge in [0, 0.05) is 5.39 Å². The van der Waals surface area contributed by atoms with E-state index in [0.717, 1.165) is 24.1 Å². The SMILES string of the molecule is CCCCCCc1c2c(nc3ccc(OC)cc13)C(CCCC)O[Si]2(C(C)(C)C)C(C)(C)C. The van der Waals surface area contributed by atoms with Crippen LogP contribution in [0, 0.1) is 0 Å². The minimum atomic E-state index is -2.43. The number of nitrogens with zero attached hydrogens (tertiary/aromatic N) is 1. The molecule has 0 saturated heterocycles. The van der Waals surface area contributed by atoms with Crippen LogP contribution in [-0.4, -0.2) is 20.4 Å². The Morgan fingerprint density at radius 2 is 1.61 bits per heavy atom. The van der Waals surface area contributed by atoms with E-state index in [-0.39, 0.29) is 16.2 Å². The summed E-state index contributed by atoms with van der Waals surface area (Å²) in [6, 6.07) is 6.43. The Morgan fingerprint density at radius 1 is 0.939 bits per heavy atom. The van der Waals surface area contributed by atoms with Crippen LogP contribution in [-0.2, 0) is 10.8 Å². The second-order valence-corrected chi connectivity index (χ2v) is 17.1. The molecule has 0 aliphatic carbocycles. The minimum Gasteiger partial charge on any atom is -0.497 e. The van der Waals surface area contributed by atoms with Crippen LogP contribution in [0.5, 0.6) is 5.75 Å². The van der Waals surface area contributed by atoms with Crippen LogP contribution in [0.4, 0.5) is 0 Å². The lowest BCUT2D eigenvalue weighted by Gasteiger charge is -2.49. The Kier molecular flexibility index (Phi) is 8.00. The van der Waals surface area contributed by atoms with Crippen molar-refractivity contribution in [2.45, 2.75) is 123 Å². The quantitative estimate of drug-likeness (QED) is 0.273. The molecule has 0 radical (unpaired) electrons. The third-order valence-corrected chi connectivity index (χ3v) is 13.6. The first kappa shape index (κ1) is 26.2. The van der Waals surface area contributed by atoms with Crippen LogP contribution in [0.2, 0.25) is 10.1 Å². The number of methoxy groups -OCH3 is 1. The molecule has 1 aliphatic heterocycles. The molecule has 3 rings (SSSR count). The van der Waals surface area contributed by atoms with Crippen LogP contribution >= 0.6 is 0 Å². The zero-order valence-electron chi connectivity index (χ0n) is 22.7. The van der Waals surface area contributed by atoms with Crippen LogP contribution in [0.3, 0.4) is 0 Å². The Bertz CT molecular complexity index is 941. The lowest BCUT2D eigenvalue weighted by Crippen LogP contribution is -2.62. The van der Waals surface area contributed by atoms with Crippen molar-refractivity contribution >= 4 is 24.4 Å². The molecular weight excluding hydrogens is 422 g/mol. The number of pyridine rings is 1. The van der Waals surface area contributed by atoms with Gasteiger partial charge in [0.25, 0.3) is 0 Å². The standard InChI is InChI=1S/C29H47NO2Si/c1-10-12-14-15-16-22-23-20-21(31-9)18-19-24(23)30-26-25(17-13-11-2)32-33(27(22)26,28(3,4)5)29(6,7)8/h18-20,25H,10-17H2,1-9H3. The van der Waals surface area contributed by atoms with E-state index in [0.29, 0.717) is 0 Å². The third kappa shape index (κ3) is 4.75. The van der Waals surface area contributed by atoms with Gasteiger partial charge in [0.15, 0.2) is 0 Å². The Hall–Kier alpha value is -1.39. The van der Waals surface area contributed by atoms with Gasteiger partial charge < -0.3 is 9.16 Å². The van der Waals surface area contributed by atoms with Gasteiger partial charge in [-0.2, -0.15) is 0 Å². The van der Waals surface area contributed by atoms with E-state index < -0.39 is 8.32 Å². The highest BCUT2D eigenvalue weighted by Crippen LogP contribution is 2.57. The largest absolute Gasteiger partial charge is 0.497 e. The van der Waals surface area contributed by atoms with Gasteiger partial charge in [-0.25, -0.2) is 0 Å². The third-order valence-electron chi connectivity index (χ3n) is 7.52. The number of ether oxygens (including phenoxy) is 1. The van der Waals surface area contributed by atoms with E-state index in [1.54, 1.807) is 7.11 Å². The molecule has 1 unspecified atom stereocenters. The van der Waals surface area contributed by atoms with Crippen LogP contribution < -0.4 is 9.92 Å². The lowest BCUT2D eigenvalue weighted by molar-refractivity contribution is 0.171. The maximum Gasteiger partial charge on any atom is 0.237 e. The molecule has 0 spiro atoms. The Morgan fingerprint density at radius 3 is 2.18 bits per heavy atom. The van der Waals surface area contributed by atoms with Gasteiger partial charge in [-0.05, 0) is 58.3 Å². The molecule has 184 valence electrons. The maximum atomic E-state index is 7.39. The zero-order valence-corrected chi connectivity index (χ0v) is 23.7. The van der Waals surface area contributed by atoms with Gasteiger partial charge in [0.05, 0.1) is 24.4 Å². The van der Waals surface area contributed by atoms with Crippen molar-refractivity contribution < 1.29 is 9.16 Å². The Labute approximate surface area is 203 Å². The summed E-state index contributed by atoms with van der Waals surface area (Å²) in [5.41, 5.74) is 3.85. The van der Waals surface area contributed by atoms with Crippen LogP contribution in [0.1, 0.15) is 118 Å². The van der Waals surface area contributed by atoms with Gasteiger partial charge in [0.1, 0.15) is 5.75 Å². The molecule has 1 aromatic carbocycles. The number of aromatic nitrogens is 1. The second-order valence-electron chi connectivity index (χ2n) is 12.0. The molecular formula is C29H47NO2Si. The summed E-state index contributed by atoms with van der Waals surface area (Å²) in [7, 11) is -0.670. The average Bonchev–Trinajstić information content (AvgIpc) is 3.09. The predicted octanol–water partition coefficient (Wildman–Crippen LogP) is 8.38. The predicted molar refractivity (Wildman–Crippen MR) is 144 cm³/mol. The van der Waals surface area contributed by atoms with Gasteiger partial charge in [-0.15, -0.1) is 0 Å². The van der Waals surface area contributed by atoms with E-state index in [2.05, 4.69) is 73.6 Å². The summed E-state index contributed by atoms with van der Waals surface area (Å²) in [6.45, 7) is 19.0. The molecule has 0 amide bonds. The van der Waals surface area contributed by atoms with Gasteiger partial charge in [0.2, 0.25) is 8.32 Å². The number of hydrogen-bond donors (Lipinski definition) is 0. The van der Waals surface area contributed by atoms with Gasteiger partial charge >= 0.3 is 0 Å². The van der Waals surface area contributed by atoms with Crippen molar-refractivity contribution in [3.63, 3.8) is 0 Å². The molecule has 3 nitrogen and oxygen atoms in total. The summed E-state index contributed by atoms with van der Waals surface area (Å²) in [5, 5.41) is 2.91. The fraction of sp³-hybridized carbons (Fsp3) is 0.690. The first-order valence-corrected chi connectivity index (χ1v) is 15.1. The van der Waals surface area contributed by atoms with Crippen molar-refractivity contribution in [3.05, 3.63) is 29.5 Å². The van der Waals surface area contributed by atoms with Crippen molar-refractivity contribution in [2.75, 3.05) is 7.11 Å². The highest BCUT2D eigenvalue weighted by molar-refractivity contribution is 6.92. The smallest absolute Gasteiger partial charge is 0.237 e. The molecule has 0 saturated carbocycles. The van der Waals surface area contributed by atoms with Crippen LogP contribution in [0.25, 0.3) is 10.9 Å². The second kappa shape index (κ2) is 10.1. The lowest BCUT2D eigenvalue weighted by atomic mass is 9.98. The number of benzene rings is 1. The first-order valence-electron chi connectivity index (χ1n) is 13.2. The number of unbranched alkanes of at least 4 members (excludes halogenated alkanes) is 4. The fourth-order valence-corrected chi connectivity index (χ4v) is 12.7. The molecule has 0 bridgehead atoms. The number of fused-ring (bicyclic) bond motifs is 2. The number of rotatable bonds is 9. The molecule has 0 fully saturated rings. The highest BCUT2D eigenvalue weighted by atomic mass is 28.4. The van der Waals surface area contributed by atoms with Gasteiger partial charge in [-0.1, -0.05) is 87.5 Å². The molecule has 33 heavy (non-hydrogen) atoms. The monoisotopic (exact) mass is 469 g/mol. The fourth-order valence-electron chi connectivity index (χ4n) is 6.21. The zero-order chi connectivity index (χ0) is 24.4. The van der Waals surface area contributed by atoms with E-state index in [1.165, 1.54) is 60.4 Å². The van der Waals surface area contributed by atoms with E-state index in [1.807, 2.05) is 0 Å². The van der Waals surface area contributed by atoms with Crippen molar-refractivity contribution in [2.24, 2.45) is 0 Å². The summed E-state index contributed by atoms with van der Waals surface area (Å²) < 4.78 is 13.0. The summed E-state index contributed by atoms with van der Waals surface area (Å²) in [6.07, 6.45) is 9.69. The first-order chi connectivity index (χ1) is 15.5. The Balaban J connectivity index is 2.36. The molecule has 0 N–H and O–H groups in total. The molecule has 2 aromatic rings. The number of hydrogen-bond acceptors (Lipinski definition) is 3. The van der Waals surface area contributed by atoms with Gasteiger partial charge in [-0.3, -0.25) is 4.98 Å². The molecule has 1 atom stereocenters. The molecule has 4 heteroatoms. The summed E-state index contributed by atoms with van der Waals surface area (Å²) in [5.74, 6) is 0.916. The highest BCUT2D eigenvalue weighted by Gasteiger charge is 2.63. The van der Waals surface area contributed by atoms with E-state index in [9.17, 15) is 0 Å². The topological polar surface area (TPSA) is 31.4 Å². The van der Waals surface area contributed by atoms with Crippen LogP contribution in [0.15, 0.2) is 18.2 Å². The molecule has 2 heterocycles. The molecule has 1 aliphatic rings. The van der Waals surface area contributed by atoms with Crippen molar-refractivity contribution in [3.8, 4) is 5.75 Å². The van der Waals surface area contributed by atoms with E-state index >= 15 is 0 Å². The minimum absolute atomic E-state index is 0.0629. The molecule has 1 aromatic heterocycles.